The van der Waals surface area contributed by atoms with Gasteiger partial charge in [-0.05, 0) is 48.5 Å². The summed E-state index contributed by atoms with van der Waals surface area (Å²) in [6.45, 7) is 2.73. The summed E-state index contributed by atoms with van der Waals surface area (Å²) in [5, 5.41) is 23.4. The minimum atomic E-state index is -0.858. The number of nitrogens with one attached hydrogen (secondary N) is 1. The predicted octanol–water partition coefficient (Wildman–Crippen LogP) is 2.20. The second-order valence-electron chi connectivity index (χ2n) is 9.03. The van der Waals surface area contributed by atoms with E-state index in [0.717, 1.165) is 24.5 Å². The number of aliphatic hydroxyl groups excluding tert-OH is 2. The summed E-state index contributed by atoms with van der Waals surface area (Å²) in [5.74, 6) is -0.474. The highest BCUT2D eigenvalue weighted by molar-refractivity contribution is 5.94. The molecule has 0 radical (unpaired) electrons. The quantitative estimate of drug-likeness (QED) is 0.462. The van der Waals surface area contributed by atoms with E-state index >= 15 is 0 Å². The van der Waals surface area contributed by atoms with Crippen LogP contribution in [0.4, 0.5) is 15.8 Å². The van der Waals surface area contributed by atoms with Crippen LogP contribution in [0.5, 0.6) is 0 Å². The van der Waals surface area contributed by atoms with E-state index < -0.39 is 18.3 Å². The SMILES string of the molecule is CN(C)c1ccc(C(=O)NC[C@H]2O[C@@H](CO)[C@@H](O)[C@H]2N2CCN(c3ccc(F)cc3)CC2)cc1.Cl.Cl.Cl. The second-order valence-corrected chi connectivity index (χ2v) is 9.03. The lowest BCUT2D eigenvalue weighted by Crippen LogP contribution is -2.57. The van der Waals surface area contributed by atoms with Gasteiger partial charge >= 0.3 is 0 Å². The maximum atomic E-state index is 13.2. The van der Waals surface area contributed by atoms with Gasteiger partial charge in [-0.25, -0.2) is 4.39 Å². The largest absolute Gasteiger partial charge is 0.394 e. The lowest BCUT2D eigenvalue weighted by molar-refractivity contribution is -0.0209. The van der Waals surface area contributed by atoms with Crippen LogP contribution in [0.2, 0.25) is 0 Å². The molecule has 8 nitrogen and oxygen atoms in total. The first-order valence-electron chi connectivity index (χ1n) is 11.6. The molecule has 2 aromatic rings. The van der Waals surface area contributed by atoms with E-state index in [2.05, 4.69) is 15.1 Å². The Bertz CT molecular complexity index is 963. The number of carbonyl (C=O) groups is 1. The highest BCUT2D eigenvalue weighted by atomic mass is 35.5. The number of carbonyl (C=O) groups excluding carboxylic acids is 1. The Balaban J connectivity index is 0.00000228. The maximum absolute atomic E-state index is 13.2. The first-order chi connectivity index (χ1) is 16.4. The van der Waals surface area contributed by atoms with Crippen LogP contribution in [0.1, 0.15) is 10.4 Å². The van der Waals surface area contributed by atoms with Crippen LogP contribution in [0.3, 0.4) is 0 Å². The van der Waals surface area contributed by atoms with Crippen LogP contribution >= 0.6 is 37.2 Å². The van der Waals surface area contributed by atoms with Crippen molar-refractivity contribution >= 4 is 54.5 Å². The van der Waals surface area contributed by atoms with E-state index in [1.54, 1.807) is 24.3 Å². The van der Waals surface area contributed by atoms with Crippen LogP contribution in [0, 0.1) is 5.82 Å². The van der Waals surface area contributed by atoms with Gasteiger partial charge in [-0.3, -0.25) is 9.69 Å². The van der Waals surface area contributed by atoms with Gasteiger partial charge in [-0.1, -0.05) is 0 Å². The Labute approximate surface area is 236 Å². The molecule has 0 unspecified atom stereocenters. The van der Waals surface area contributed by atoms with E-state index in [4.69, 9.17) is 4.74 Å². The number of nitrogens with zero attached hydrogens (tertiary/aromatic N) is 3. The molecule has 2 aliphatic heterocycles. The van der Waals surface area contributed by atoms with Gasteiger partial charge in [0.2, 0.25) is 0 Å². The third-order valence-electron chi connectivity index (χ3n) is 6.68. The first kappa shape index (κ1) is 33.2. The summed E-state index contributed by atoms with van der Waals surface area (Å²) >= 11 is 0. The Hall–Kier alpha value is -1.85. The second kappa shape index (κ2) is 14.9. The molecule has 37 heavy (non-hydrogen) atoms. The number of aliphatic hydroxyl groups is 2. The van der Waals surface area contributed by atoms with Crippen molar-refractivity contribution in [2.45, 2.75) is 24.4 Å². The molecule has 2 aliphatic rings. The Morgan fingerprint density at radius 1 is 1.00 bits per heavy atom. The molecule has 2 aromatic carbocycles. The number of ether oxygens (including phenoxy) is 1. The number of rotatable bonds is 7. The third-order valence-corrected chi connectivity index (χ3v) is 6.68. The van der Waals surface area contributed by atoms with Gasteiger partial charge in [0.05, 0.1) is 18.8 Å². The summed E-state index contributed by atoms with van der Waals surface area (Å²) in [6, 6.07) is 13.4. The lowest BCUT2D eigenvalue weighted by atomic mass is 10.0. The molecular weight excluding hydrogens is 546 g/mol. The standard InChI is InChI=1S/C25H33FN4O4.3ClH/c1-28(2)19-7-3-17(4-8-19)25(33)27-15-21-23(24(32)22(16-31)34-21)30-13-11-29(12-14-30)20-9-5-18(26)6-10-20;;;/h3-10,21-24,31-32H,11-16H2,1-2H3,(H,27,33);3*1H/t21-,22+,23+,24-;;;/m1.../s1. The zero-order valence-corrected chi connectivity index (χ0v) is 23.3. The minimum Gasteiger partial charge on any atom is -0.394 e. The van der Waals surface area contributed by atoms with Gasteiger partial charge in [0.15, 0.2) is 0 Å². The minimum absolute atomic E-state index is 0. The third kappa shape index (κ3) is 7.83. The van der Waals surface area contributed by atoms with Gasteiger partial charge in [0.25, 0.3) is 5.91 Å². The van der Waals surface area contributed by atoms with Crippen molar-refractivity contribution in [3.05, 3.63) is 59.9 Å². The smallest absolute Gasteiger partial charge is 0.251 e. The number of hydrogen-bond donors (Lipinski definition) is 3. The summed E-state index contributed by atoms with van der Waals surface area (Å²) in [4.78, 5) is 19.0. The average molecular weight is 582 g/mol. The lowest BCUT2D eigenvalue weighted by Gasteiger charge is -2.41. The molecule has 208 valence electrons. The monoisotopic (exact) mass is 580 g/mol. The fraction of sp³-hybridized carbons (Fsp3) is 0.480. The normalized spacial score (nSPS) is 23.3. The first-order valence-corrected chi connectivity index (χ1v) is 11.6. The number of amides is 1. The van der Waals surface area contributed by atoms with E-state index in [-0.39, 0.29) is 68.1 Å². The van der Waals surface area contributed by atoms with Gasteiger partial charge in [-0.15, -0.1) is 37.2 Å². The number of hydrogen-bond acceptors (Lipinski definition) is 7. The van der Waals surface area contributed by atoms with Crippen molar-refractivity contribution in [2.24, 2.45) is 0 Å². The molecule has 2 saturated heterocycles. The number of benzene rings is 2. The van der Waals surface area contributed by atoms with Gasteiger partial charge in [0, 0.05) is 63.8 Å². The molecule has 2 fully saturated rings. The summed E-state index contributed by atoms with van der Waals surface area (Å²) in [5.41, 5.74) is 2.51. The van der Waals surface area contributed by atoms with Gasteiger partial charge in [0.1, 0.15) is 18.0 Å². The van der Waals surface area contributed by atoms with Crippen molar-refractivity contribution in [3.63, 3.8) is 0 Å². The molecule has 0 saturated carbocycles. The number of halogens is 4. The molecule has 2 heterocycles. The number of anilines is 2. The van der Waals surface area contributed by atoms with Crippen molar-refractivity contribution in [1.82, 2.24) is 10.2 Å². The van der Waals surface area contributed by atoms with Crippen LogP contribution in [-0.2, 0) is 4.74 Å². The zero-order chi connectivity index (χ0) is 24.2. The molecule has 1 amide bonds. The molecule has 4 atom stereocenters. The van der Waals surface area contributed by atoms with Crippen molar-refractivity contribution in [1.29, 1.82) is 0 Å². The average Bonchev–Trinajstić information content (AvgIpc) is 3.18. The molecule has 12 heteroatoms. The van der Waals surface area contributed by atoms with Crippen LogP contribution in [0.15, 0.2) is 48.5 Å². The summed E-state index contributed by atoms with van der Waals surface area (Å²) in [7, 11) is 3.88. The van der Waals surface area contributed by atoms with Gasteiger partial charge in [-0.2, -0.15) is 0 Å². The van der Waals surface area contributed by atoms with Crippen LogP contribution in [-0.4, -0.2) is 98.8 Å². The Morgan fingerprint density at radius 2 is 1.59 bits per heavy atom. The zero-order valence-electron chi connectivity index (χ0n) is 20.8. The van der Waals surface area contributed by atoms with Crippen LogP contribution < -0.4 is 15.1 Å². The topological polar surface area (TPSA) is 88.5 Å². The number of piperazine rings is 1. The molecule has 0 spiro atoms. The molecule has 0 aliphatic carbocycles. The highest BCUT2D eigenvalue weighted by Gasteiger charge is 2.46. The van der Waals surface area contributed by atoms with Crippen molar-refractivity contribution in [3.8, 4) is 0 Å². The van der Waals surface area contributed by atoms with E-state index in [1.165, 1.54) is 12.1 Å². The summed E-state index contributed by atoms with van der Waals surface area (Å²) < 4.78 is 19.2. The fourth-order valence-electron chi connectivity index (χ4n) is 4.73. The molecule has 0 aromatic heterocycles. The molecule has 0 bridgehead atoms. The van der Waals surface area contributed by atoms with Crippen molar-refractivity contribution in [2.75, 3.05) is 63.2 Å². The molecular formula is C25H36Cl3FN4O4. The maximum Gasteiger partial charge on any atom is 0.251 e. The van der Waals surface area contributed by atoms with Crippen LogP contribution in [0.25, 0.3) is 0 Å². The predicted molar refractivity (Wildman–Crippen MR) is 151 cm³/mol. The Kier molecular flexibility index (Phi) is 13.4. The van der Waals surface area contributed by atoms with E-state index in [9.17, 15) is 19.4 Å². The van der Waals surface area contributed by atoms with E-state index in [1.807, 2.05) is 31.1 Å². The van der Waals surface area contributed by atoms with E-state index in [0.29, 0.717) is 18.7 Å². The molecule has 4 rings (SSSR count). The Morgan fingerprint density at radius 3 is 2.14 bits per heavy atom. The van der Waals surface area contributed by atoms with Gasteiger partial charge < -0.3 is 30.1 Å². The molecule has 3 N–H and O–H groups in total. The fourth-order valence-corrected chi connectivity index (χ4v) is 4.73. The van der Waals surface area contributed by atoms with Crippen molar-refractivity contribution < 1.29 is 24.1 Å². The highest BCUT2D eigenvalue weighted by Crippen LogP contribution is 2.28. The summed E-state index contributed by atoms with van der Waals surface area (Å²) in [6.07, 6.45) is -2.00.